The lowest BCUT2D eigenvalue weighted by Gasteiger charge is -2.29. The quantitative estimate of drug-likeness (QED) is 0.0299. The lowest BCUT2D eigenvalue weighted by Crippen LogP contribution is -2.39. The lowest BCUT2D eigenvalue weighted by atomic mass is 9.97. The number of ketones is 1. The van der Waals surface area contributed by atoms with Gasteiger partial charge in [-0.05, 0) is 144 Å². The maximum absolute atomic E-state index is 11.6. The molecule has 11 rings (SSSR count). The fourth-order valence-electron chi connectivity index (χ4n) is 8.67. The number of anilines is 1. The van der Waals surface area contributed by atoms with E-state index >= 15 is 0 Å². The van der Waals surface area contributed by atoms with Crippen LogP contribution in [0, 0.1) is 0 Å². The van der Waals surface area contributed by atoms with E-state index in [0.717, 1.165) is 91.0 Å². The Morgan fingerprint density at radius 3 is 1.88 bits per heavy atom. The number of nitrogens with zero attached hydrogens (tertiary/aromatic N) is 3. The highest BCUT2D eigenvalue weighted by Crippen LogP contribution is 2.37. The Morgan fingerprint density at radius 1 is 0.707 bits per heavy atom. The Bertz CT molecular complexity index is 2980. The molecular weight excluding hydrogens is 1090 g/mol. The molecule has 0 aliphatic carbocycles. The van der Waals surface area contributed by atoms with Crippen molar-refractivity contribution in [1.82, 2.24) is 20.7 Å². The van der Waals surface area contributed by atoms with Crippen molar-refractivity contribution in [3.63, 3.8) is 0 Å². The summed E-state index contributed by atoms with van der Waals surface area (Å²) in [5, 5.41) is 15.9. The molecule has 0 spiro atoms. The number of esters is 2. The van der Waals surface area contributed by atoms with Gasteiger partial charge in [-0.25, -0.2) is 20.1 Å². The van der Waals surface area contributed by atoms with Gasteiger partial charge in [0.25, 0.3) is 5.91 Å². The molecule has 0 saturated carbocycles. The van der Waals surface area contributed by atoms with Gasteiger partial charge in [0.1, 0.15) is 26.4 Å². The molecule has 0 radical (unpaired) electrons. The van der Waals surface area contributed by atoms with Crippen molar-refractivity contribution < 1.29 is 52.8 Å². The number of aromatic nitrogens is 1. The summed E-state index contributed by atoms with van der Waals surface area (Å²) in [6.07, 6.45) is 2.65. The number of fused-ring (bicyclic) bond motifs is 5. The predicted octanol–water partition coefficient (Wildman–Crippen LogP) is 7.91. The van der Waals surface area contributed by atoms with E-state index in [0.29, 0.717) is 77.2 Å². The van der Waals surface area contributed by atoms with Gasteiger partial charge in [-0.1, -0.05) is 34.1 Å². The Morgan fingerprint density at radius 2 is 1.25 bits per heavy atom. The minimum atomic E-state index is -0.487. The second-order valence-corrected chi connectivity index (χ2v) is 19.1. The van der Waals surface area contributed by atoms with Crippen LogP contribution in [0.1, 0.15) is 74.8 Å². The average Bonchev–Trinajstić information content (AvgIpc) is 3.96. The Balaban J connectivity index is 0.000000154. The summed E-state index contributed by atoms with van der Waals surface area (Å²) in [7, 11) is 2.79. The number of amides is 1. The fraction of sp³-hybridized carbons (Fsp3) is 0.296. The molecular formula is C54H56BrClN6O11S2. The molecule has 0 atom stereocenters. The van der Waals surface area contributed by atoms with Crippen molar-refractivity contribution >= 4 is 85.8 Å². The molecule has 5 aliphatic heterocycles. The summed E-state index contributed by atoms with van der Waals surface area (Å²) in [6, 6.07) is 28.0. The molecule has 0 unspecified atom stereocenters. The first-order valence-electron chi connectivity index (χ1n) is 23.8. The molecule has 1 aromatic heterocycles. The van der Waals surface area contributed by atoms with Crippen molar-refractivity contribution in [2.45, 2.75) is 38.9 Å². The van der Waals surface area contributed by atoms with E-state index in [9.17, 15) is 19.2 Å². The van der Waals surface area contributed by atoms with Crippen LogP contribution >= 0.6 is 51.9 Å². The number of hydrogen-bond acceptors (Lipinski definition) is 16. The van der Waals surface area contributed by atoms with Crippen LogP contribution in [0.4, 0.5) is 5.13 Å². The van der Waals surface area contributed by atoms with Gasteiger partial charge in [0.05, 0.1) is 36.4 Å². The third kappa shape index (κ3) is 14.1. The number of hydroxylamine groups is 1. The average molecular weight is 1140 g/mol. The zero-order valence-electron chi connectivity index (χ0n) is 41.2. The second kappa shape index (κ2) is 26.6. The topological polar surface area (TPSA) is 213 Å². The molecule has 21 heteroatoms. The summed E-state index contributed by atoms with van der Waals surface area (Å²) < 4.78 is 31.3. The van der Waals surface area contributed by atoms with E-state index < -0.39 is 5.91 Å². The summed E-state index contributed by atoms with van der Waals surface area (Å²) in [4.78, 5) is 54.7. The molecule has 6 heterocycles. The Labute approximate surface area is 458 Å². The fourth-order valence-corrected chi connectivity index (χ4v) is 10.0. The first-order valence-corrected chi connectivity index (χ1v) is 26.2. The molecule has 5 aliphatic rings. The molecule has 0 saturated heterocycles. The van der Waals surface area contributed by atoms with Crippen molar-refractivity contribution in [2.24, 2.45) is 5.73 Å². The first kappa shape index (κ1) is 55.9. The number of benzene rings is 5. The Hall–Kier alpha value is -6.81. The number of carbonyl (C=O) groups is 4. The number of hydrogen-bond donors (Lipinski definition) is 4. The van der Waals surface area contributed by atoms with Crippen molar-refractivity contribution in [1.29, 1.82) is 0 Å². The van der Waals surface area contributed by atoms with Crippen LogP contribution in [-0.4, -0.2) is 109 Å². The number of nitrogens with one attached hydrogen (secondary N) is 2. The standard InChI is InChI=1S/C21H19N3O4S.C12H14N2O2S.C11H13NO2.C10H9BrO3.ClH/c25-20(23-26)15-1-2-16-11-24(6-5-13(16)9-15)21-22-17(12-29-21)14-3-4-18-19(10-14)28-8-7-27-18;1-16-11(15)9-2-3-10-7-14(12(13)17)5-4-8(10)6-9;1-14-11(13)9-2-3-10-7-12-5-4-8(10)6-9;11-6-8(12)7-1-2-9-10(5-7)14-4-3-13-9;/h1-4,9-10,12,26H,5-8,11H2,(H,23,25);2-3,6H,4-5,7H2,1H3,(H2,13,17);2-3,6,12H,4-5,7H2,1H3;1-2,5H,3-4,6H2;1H. The summed E-state index contributed by atoms with van der Waals surface area (Å²) in [5.41, 5.74) is 18.7. The van der Waals surface area contributed by atoms with E-state index in [1.165, 1.54) is 36.5 Å². The third-order valence-corrected chi connectivity index (χ3v) is 14.3. The molecule has 1 amide bonds. The smallest absolute Gasteiger partial charge is 0.337 e. The number of carbonyl (C=O) groups excluding carboxylic acids is 4. The summed E-state index contributed by atoms with van der Waals surface area (Å²) >= 11 is 9.71. The van der Waals surface area contributed by atoms with Crippen LogP contribution in [-0.2, 0) is 48.4 Å². The molecule has 17 nitrogen and oxygen atoms in total. The number of thiazole rings is 1. The van der Waals surface area contributed by atoms with E-state index in [2.05, 4.69) is 36.3 Å². The number of nitrogens with two attached hydrogens (primary N) is 1. The van der Waals surface area contributed by atoms with Gasteiger partial charge in [0.2, 0.25) is 0 Å². The van der Waals surface area contributed by atoms with Crippen molar-refractivity contribution in [2.75, 3.05) is 70.5 Å². The maximum Gasteiger partial charge on any atom is 0.337 e. The van der Waals surface area contributed by atoms with E-state index in [1.54, 1.807) is 47.1 Å². The number of halogens is 2. The zero-order chi connectivity index (χ0) is 52.1. The van der Waals surface area contributed by atoms with Crippen LogP contribution in [0.15, 0.2) is 96.4 Å². The number of rotatable bonds is 7. The molecule has 5 N–H and O–H groups in total. The van der Waals surface area contributed by atoms with Gasteiger partial charge < -0.3 is 49.3 Å². The lowest BCUT2D eigenvalue weighted by molar-refractivity contribution is 0.0591. The minimum Gasteiger partial charge on any atom is -0.486 e. The largest absolute Gasteiger partial charge is 0.486 e. The van der Waals surface area contributed by atoms with Crippen molar-refractivity contribution in [3.8, 4) is 34.3 Å². The van der Waals surface area contributed by atoms with Crippen LogP contribution in [0.3, 0.4) is 0 Å². The number of alkyl halides is 1. The van der Waals surface area contributed by atoms with Gasteiger partial charge in [-0.15, -0.1) is 23.7 Å². The predicted molar refractivity (Wildman–Crippen MR) is 294 cm³/mol. The minimum absolute atomic E-state index is 0. The van der Waals surface area contributed by atoms with E-state index in [1.807, 2.05) is 65.6 Å². The molecule has 0 bridgehead atoms. The van der Waals surface area contributed by atoms with Crippen LogP contribution in [0.25, 0.3) is 11.3 Å². The van der Waals surface area contributed by atoms with Crippen LogP contribution in [0.5, 0.6) is 23.0 Å². The number of Topliss-reactive ketones (excluding diaryl/α,β-unsaturated/α-hetero) is 1. The number of methoxy groups -OCH3 is 2. The monoisotopic (exact) mass is 1140 g/mol. The second-order valence-electron chi connectivity index (χ2n) is 17.3. The molecule has 0 fully saturated rings. The first-order chi connectivity index (χ1) is 35.9. The maximum atomic E-state index is 11.6. The van der Waals surface area contributed by atoms with Gasteiger partial charge in [-0.2, -0.15) is 0 Å². The molecule has 75 heavy (non-hydrogen) atoms. The summed E-state index contributed by atoms with van der Waals surface area (Å²) in [5.74, 6) is 1.90. The highest BCUT2D eigenvalue weighted by atomic mass is 79.9. The van der Waals surface area contributed by atoms with Gasteiger partial charge >= 0.3 is 11.9 Å². The summed E-state index contributed by atoms with van der Waals surface area (Å²) in [6.45, 7) is 7.21. The van der Waals surface area contributed by atoms with Gasteiger partial charge in [0.15, 0.2) is 39.0 Å². The zero-order valence-corrected chi connectivity index (χ0v) is 45.2. The molecule has 5 aromatic carbocycles. The SMILES string of the molecule is COC(=O)c1ccc2c(c1)CCN(C(N)=S)C2.COC(=O)c1ccc2c(c1)CCNC2.Cl.O=C(CBr)c1ccc2c(c1)OCCO2.O=C(NO)c1ccc2c(c1)CCN(c1nc(-c3ccc4c(c3)OCCO4)cs1)C2. The van der Waals surface area contributed by atoms with Crippen molar-refractivity contribution in [3.05, 3.63) is 152 Å². The molecule has 6 aromatic rings. The highest BCUT2D eigenvalue weighted by molar-refractivity contribution is 9.09. The van der Waals surface area contributed by atoms with Crippen LogP contribution < -0.4 is 40.4 Å². The third-order valence-electron chi connectivity index (χ3n) is 12.6. The number of ether oxygens (including phenoxy) is 6. The normalized spacial score (nSPS) is 14.3. The van der Waals surface area contributed by atoms with Gasteiger partial charge in [0, 0.05) is 54.8 Å². The highest BCUT2D eigenvalue weighted by Gasteiger charge is 2.23. The molecule has 394 valence electrons. The van der Waals surface area contributed by atoms with E-state index in [-0.39, 0.29) is 30.1 Å². The Kier molecular flexibility index (Phi) is 19.8. The van der Waals surface area contributed by atoms with E-state index in [4.69, 9.17) is 51.8 Å². The number of thiocarbonyl (C=S) groups is 1. The van der Waals surface area contributed by atoms with Crippen LogP contribution in [0.2, 0.25) is 0 Å². The van der Waals surface area contributed by atoms with Gasteiger partial charge in [-0.3, -0.25) is 14.8 Å².